The summed E-state index contributed by atoms with van der Waals surface area (Å²) in [5.74, 6) is -1.67. The van der Waals surface area contributed by atoms with E-state index in [1.165, 1.54) is 4.57 Å². The van der Waals surface area contributed by atoms with Crippen molar-refractivity contribution in [3.63, 3.8) is 0 Å². The van der Waals surface area contributed by atoms with E-state index in [0.29, 0.717) is 18.8 Å². The quantitative estimate of drug-likeness (QED) is 0.726. The maximum absolute atomic E-state index is 15.6. The number of thioether (sulfide) groups is 1. The van der Waals surface area contributed by atoms with Gasteiger partial charge in [-0.2, -0.15) is 11.8 Å². The molecule has 8 heteroatoms. The molecule has 5 nitrogen and oxygen atoms in total. The number of aromatic carboxylic acids is 1. The number of pyridine rings is 1. The third kappa shape index (κ3) is 3.03. The van der Waals surface area contributed by atoms with E-state index in [2.05, 4.69) is 0 Å². The summed E-state index contributed by atoms with van der Waals surface area (Å²) in [7, 11) is 0. The lowest BCUT2D eigenvalue weighted by molar-refractivity contribution is 0.0695. The molecule has 0 bridgehead atoms. The number of carboxylic acids is 1. The Bertz CT molecular complexity index is 1130. The molecule has 0 atom stereocenters. The maximum atomic E-state index is 15.6. The van der Waals surface area contributed by atoms with Crippen molar-refractivity contribution in [3.8, 4) is 5.69 Å². The van der Waals surface area contributed by atoms with Crippen LogP contribution in [0.5, 0.6) is 0 Å². The Morgan fingerprint density at radius 1 is 1.11 bits per heavy atom. The fraction of sp³-hybridized carbons (Fsp3) is 0.200. The minimum atomic E-state index is -1.45. The van der Waals surface area contributed by atoms with Crippen LogP contribution in [0, 0.1) is 11.6 Å². The Kier molecular flexibility index (Phi) is 4.80. The lowest BCUT2D eigenvalue weighted by atomic mass is 10.1. The highest BCUT2D eigenvalue weighted by atomic mass is 32.2. The molecule has 0 amide bonds. The zero-order valence-corrected chi connectivity index (χ0v) is 15.5. The van der Waals surface area contributed by atoms with Gasteiger partial charge in [-0.25, -0.2) is 13.6 Å². The summed E-state index contributed by atoms with van der Waals surface area (Å²) in [6.07, 6.45) is 1.10. The van der Waals surface area contributed by atoms with E-state index in [-0.39, 0.29) is 16.6 Å². The molecule has 0 spiro atoms. The lowest BCUT2D eigenvalue weighted by Crippen LogP contribution is -2.34. The van der Waals surface area contributed by atoms with Crippen LogP contribution in [0.25, 0.3) is 16.6 Å². The minimum absolute atomic E-state index is 0.129. The van der Waals surface area contributed by atoms with Crippen LogP contribution in [0.3, 0.4) is 0 Å². The summed E-state index contributed by atoms with van der Waals surface area (Å²) >= 11 is 1.71. The smallest absolute Gasteiger partial charge is 0.341 e. The zero-order valence-electron chi connectivity index (χ0n) is 14.7. The van der Waals surface area contributed by atoms with Crippen LogP contribution < -0.4 is 10.3 Å². The Labute approximate surface area is 163 Å². The number of para-hydroxylation sites is 1. The predicted molar refractivity (Wildman–Crippen MR) is 106 cm³/mol. The molecular formula is C20H16F2N2O3S. The Hall–Kier alpha value is -2.87. The van der Waals surface area contributed by atoms with Gasteiger partial charge in [0.15, 0.2) is 5.82 Å². The van der Waals surface area contributed by atoms with Gasteiger partial charge in [0.25, 0.3) is 0 Å². The van der Waals surface area contributed by atoms with E-state index in [1.807, 2.05) is 0 Å². The number of anilines is 1. The fourth-order valence-corrected chi connectivity index (χ4v) is 4.33. The van der Waals surface area contributed by atoms with Crippen molar-refractivity contribution < 1.29 is 18.7 Å². The van der Waals surface area contributed by atoms with Gasteiger partial charge in [-0.15, -0.1) is 0 Å². The molecule has 1 aromatic heterocycles. The standard InChI is InChI=1S/C20H16F2N2O3S/c21-15-10-13-17(16(22)18(15)23-6-8-28-9-7-23)24(12-4-2-1-3-5-12)11-14(19(13)25)20(26)27/h1-5,10-11H,6-9H2,(H,26,27). The summed E-state index contributed by atoms with van der Waals surface area (Å²) < 4.78 is 31.7. The van der Waals surface area contributed by atoms with Gasteiger partial charge in [0.2, 0.25) is 5.43 Å². The molecule has 1 N–H and O–H groups in total. The van der Waals surface area contributed by atoms with Crippen LogP contribution in [0.15, 0.2) is 47.4 Å². The number of rotatable bonds is 3. The highest BCUT2D eigenvalue weighted by molar-refractivity contribution is 7.99. The van der Waals surface area contributed by atoms with Crippen molar-refractivity contribution in [1.29, 1.82) is 0 Å². The molecule has 1 fully saturated rings. The summed E-state index contributed by atoms with van der Waals surface area (Å²) in [4.78, 5) is 25.8. The second kappa shape index (κ2) is 7.27. The first-order valence-electron chi connectivity index (χ1n) is 8.68. The molecule has 0 radical (unpaired) electrons. The molecule has 1 saturated heterocycles. The third-order valence-electron chi connectivity index (χ3n) is 4.75. The molecule has 0 unspecified atom stereocenters. The summed E-state index contributed by atoms with van der Waals surface area (Å²) in [5, 5.41) is 9.08. The molecule has 3 aromatic rings. The van der Waals surface area contributed by atoms with Crippen LogP contribution in [0.2, 0.25) is 0 Å². The predicted octanol–water partition coefficient (Wildman–Crippen LogP) is 3.52. The highest BCUT2D eigenvalue weighted by Crippen LogP contribution is 2.32. The monoisotopic (exact) mass is 402 g/mol. The van der Waals surface area contributed by atoms with Gasteiger partial charge in [0.1, 0.15) is 17.1 Å². The minimum Gasteiger partial charge on any atom is -0.477 e. The van der Waals surface area contributed by atoms with Gasteiger partial charge in [0.05, 0.1) is 10.9 Å². The van der Waals surface area contributed by atoms with Crippen LogP contribution in [0.1, 0.15) is 10.4 Å². The van der Waals surface area contributed by atoms with Gasteiger partial charge in [-0.3, -0.25) is 4.79 Å². The molecule has 1 aliphatic rings. The SMILES string of the molecule is O=C(O)c1cn(-c2ccccc2)c2c(F)c(N3CCSCC3)c(F)cc2c1=O. The topological polar surface area (TPSA) is 62.5 Å². The average Bonchev–Trinajstić information content (AvgIpc) is 2.70. The molecule has 0 aliphatic carbocycles. The Morgan fingerprint density at radius 2 is 1.79 bits per heavy atom. The number of fused-ring (bicyclic) bond motifs is 1. The van der Waals surface area contributed by atoms with E-state index in [1.54, 1.807) is 47.0 Å². The van der Waals surface area contributed by atoms with Crippen LogP contribution >= 0.6 is 11.8 Å². The first-order chi connectivity index (χ1) is 13.5. The molecular weight excluding hydrogens is 386 g/mol. The number of nitrogens with zero attached hydrogens (tertiary/aromatic N) is 2. The normalized spacial score (nSPS) is 14.4. The summed E-state index contributed by atoms with van der Waals surface area (Å²) in [5.41, 5.74) is -1.29. The van der Waals surface area contributed by atoms with E-state index in [0.717, 1.165) is 23.8 Å². The number of carboxylic acid groups (broad SMARTS) is 1. The Balaban J connectivity index is 2.09. The van der Waals surface area contributed by atoms with Crippen LogP contribution in [-0.2, 0) is 0 Å². The maximum Gasteiger partial charge on any atom is 0.341 e. The van der Waals surface area contributed by atoms with Gasteiger partial charge in [-0.05, 0) is 18.2 Å². The van der Waals surface area contributed by atoms with Gasteiger partial charge in [0, 0.05) is 36.5 Å². The number of hydrogen-bond donors (Lipinski definition) is 1. The number of aromatic nitrogens is 1. The average molecular weight is 402 g/mol. The summed E-state index contributed by atoms with van der Waals surface area (Å²) in [6, 6.07) is 9.46. The third-order valence-corrected chi connectivity index (χ3v) is 5.69. The molecule has 4 rings (SSSR count). The van der Waals surface area contributed by atoms with Crippen molar-refractivity contribution in [1.82, 2.24) is 4.57 Å². The van der Waals surface area contributed by atoms with Gasteiger partial charge < -0.3 is 14.6 Å². The molecule has 0 saturated carbocycles. The number of halogens is 2. The first-order valence-corrected chi connectivity index (χ1v) is 9.83. The molecule has 28 heavy (non-hydrogen) atoms. The van der Waals surface area contributed by atoms with Crippen LogP contribution in [-0.4, -0.2) is 40.2 Å². The lowest BCUT2D eigenvalue weighted by Gasteiger charge is -2.29. The van der Waals surface area contributed by atoms with E-state index < -0.39 is 28.6 Å². The van der Waals surface area contributed by atoms with Gasteiger partial charge >= 0.3 is 5.97 Å². The van der Waals surface area contributed by atoms with Crippen molar-refractivity contribution in [2.24, 2.45) is 0 Å². The number of carbonyl (C=O) groups is 1. The van der Waals surface area contributed by atoms with Crippen molar-refractivity contribution in [2.75, 3.05) is 29.5 Å². The fourth-order valence-electron chi connectivity index (χ4n) is 3.43. The van der Waals surface area contributed by atoms with Crippen molar-refractivity contribution >= 4 is 34.3 Å². The van der Waals surface area contributed by atoms with Crippen molar-refractivity contribution in [2.45, 2.75) is 0 Å². The first kappa shape index (κ1) is 18.5. The van der Waals surface area contributed by atoms with E-state index in [9.17, 15) is 19.1 Å². The van der Waals surface area contributed by atoms with E-state index in [4.69, 9.17) is 0 Å². The van der Waals surface area contributed by atoms with Gasteiger partial charge in [-0.1, -0.05) is 18.2 Å². The zero-order chi connectivity index (χ0) is 19.8. The molecule has 144 valence electrons. The Morgan fingerprint density at radius 3 is 2.43 bits per heavy atom. The number of hydrogen-bond acceptors (Lipinski definition) is 4. The van der Waals surface area contributed by atoms with E-state index >= 15 is 4.39 Å². The molecule has 2 heterocycles. The van der Waals surface area contributed by atoms with Crippen LogP contribution in [0.4, 0.5) is 14.5 Å². The number of benzene rings is 2. The van der Waals surface area contributed by atoms with Crippen molar-refractivity contribution in [3.05, 3.63) is 70.0 Å². The highest BCUT2D eigenvalue weighted by Gasteiger charge is 2.26. The summed E-state index contributed by atoms with van der Waals surface area (Å²) in [6.45, 7) is 0.986. The second-order valence-electron chi connectivity index (χ2n) is 6.40. The molecule has 1 aliphatic heterocycles. The second-order valence-corrected chi connectivity index (χ2v) is 7.62. The largest absolute Gasteiger partial charge is 0.477 e. The molecule has 2 aromatic carbocycles.